The first kappa shape index (κ1) is 21.1. The van der Waals surface area contributed by atoms with Crippen LogP contribution in [0.2, 0.25) is 0 Å². The molecule has 0 saturated heterocycles. The summed E-state index contributed by atoms with van der Waals surface area (Å²) >= 11 is 2.10. The molecular formula is C25H19IO5. The Balaban J connectivity index is 1.93. The fourth-order valence-electron chi connectivity index (χ4n) is 3.56. The molecule has 0 atom stereocenters. The number of benzene rings is 2. The maximum atomic E-state index is 13.1. The number of fused-ring (bicyclic) bond motifs is 1. The summed E-state index contributed by atoms with van der Waals surface area (Å²) in [5, 5.41) is 0.907. The number of esters is 1. The lowest BCUT2D eigenvalue weighted by molar-refractivity contribution is 0.0736. The Morgan fingerprint density at radius 3 is 2.26 bits per heavy atom. The first-order valence-corrected chi connectivity index (χ1v) is 10.7. The normalized spacial score (nSPS) is 10.8. The number of methoxy groups -OCH3 is 1. The zero-order chi connectivity index (χ0) is 22.1. The molecule has 31 heavy (non-hydrogen) atoms. The van der Waals surface area contributed by atoms with E-state index >= 15 is 0 Å². The van der Waals surface area contributed by atoms with Gasteiger partial charge in [0.2, 0.25) is 0 Å². The highest BCUT2D eigenvalue weighted by molar-refractivity contribution is 14.1. The number of rotatable bonds is 4. The minimum Gasteiger partial charge on any atom is -0.497 e. The molecule has 6 heteroatoms. The average molecular weight is 526 g/mol. The Bertz CT molecular complexity index is 1350. The van der Waals surface area contributed by atoms with Crippen LogP contribution in [-0.2, 0) is 0 Å². The minimum absolute atomic E-state index is 0.202. The summed E-state index contributed by atoms with van der Waals surface area (Å²) in [6.45, 7) is 3.49. The minimum atomic E-state index is -0.496. The fraction of sp³-hybridized carbons (Fsp3) is 0.120. The van der Waals surface area contributed by atoms with E-state index < -0.39 is 5.97 Å². The molecule has 0 amide bonds. The highest BCUT2D eigenvalue weighted by atomic mass is 127. The average Bonchev–Trinajstić information content (AvgIpc) is 2.97. The van der Waals surface area contributed by atoms with E-state index in [9.17, 15) is 9.59 Å². The lowest BCUT2D eigenvalue weighted by atomic mass is 10.1. The largest absolute Gasteiger partial charge is 0.497 e. The number of halogens is 1. The van der Waals surface area contributed by atoms with Crippen molar-refractivity contribution in [3.05, 3.63) is 91.5 Å². The molecule has 3 aromatic carbocycles. The number of carbonyl (C=O) groups excluding carboxylic acids is 1. The second-order valence-corrected chi connectivity index (χ2v) is 8.20. The van der Waals surface area contributed by atoms with Crippen LogP contribution in [0.15, 0.2) is 69.9 Å². The Labute approximate surface area is 192 Å². The van der Waals surface area contributed by atoms with Crippen molar-refractivity contribution < 1.29 is 18.7 Å². The molecule has 0 aliphatic carbocycles. The van der Waals surface area contributed by atoms with Crippen LogP contribution in [-0.4, -0.2) is 13.1 Å². The van der Waals surface area contributed by atoms with Crippen LogP contribution < -0.4 is 14.9 Å². The van der Waals surface area contributed by atoms with Gasteiger partial charge in [-0.05, 0) is 84.0 Å². The van der Waals surface area contributed by atoms with Crippen LogP contribution >= 0.6 is 22.6 Å². The molecule has 1 heterocycles. The number of furan rings is 1. The van der Waals surface area contributed by atoms with E-state index in [1.807, 2.05) is 36.4 Å². The molecule has 0 radical (unpaired) electrons. The predicted molar refractivity (Wildman–Crippen MR) is 128 cm³/mol. The maximum absolute atomic E-state index is 13.1. The first-order valence-electron chi connectivity index (χ1n) is 9.58. The summed E-state index contributed by atoms with van der Waals surface area (Å²) in [6, 6.07) is 17.8. The topological polar surface area (TPSA) is 65.7 Å². The number of hydrogen-bond donors (Lipinski definition) is 0. The van der Waals surface area contributed by atoms with Gasteiger partial charge in [-0.15, -0.1) is 0 Å². The molecule has 4 rings (SSSR count). The van der Waals surface area contributed by atoms with Gasteiger partial charge in [0.25, 0.3) is 0 Å². The van der Waals surface area contributed by atoms with Gasteiger partial charge in [0.15, 0.2) is 5.43 Å². The van der Waals surface area contributed by atoms with E-state index in [-0.39, 0.29) is 11.2 Å². The Morgan fingerprint density at radius 2 is 1.58 bits per heavy atom. The van der Waals surface area contributed by atoms with Crippen molar-refractivity contribution in [1.29, 1.82) is 0 Å². The van der Waals surface area contributed by atoms with Gasteiger partial charge < -0.3 is 13.9 Å². The zero-order valence-corrected chi connectivity index (χ0v) is 19.4. The SMILES string of the molecule is COc1ccc(-c2cc(OC(=O)c3ccccc3I)c3c(C)oc(C)c3c(=O)c2)cc1. The summed E-state index contributed by atoms with van der Waals surface area (Å²) in [5.41, 5.74) is 1.68. The predicted octanol–water partition coefficient (Wildman–Crippen LogP) is 5.91. The van der Waals surface area contributed by atoms with Gasteiger partial charge in [-0.2, -0.15) is 0 Å². The molecule has 4 aromatic rings. The van der Waals surface area contributed by atoms with Gasteiger partial charge in [0, 0.05) is 3.57 Å². The van der Waals surface area contributed by atoms with E-state index in [2.05, 4.69) is 22.6 Å². The van der Waals surface area contributed by atoms with Crippen LogP contribution in [0.3, 0.4) is 0 Å². The molecule has 0 saturated carbocycles. The van der Waals surface area contributed by atoms with Crippen LogP contribution in [0.1, 0.15) is 21.9 Å². The van der Waals surface area contributed by atoms with Gasteiger partial charge in [0.05, 0.1) is 23.4 Å². The monoisotopic (exact) mass is 526 g/mol. The second-order valence-electron chi connectivity index (χ2n) is 7.03. The van der Waals surface area contributed by atoms with Gasteiger partial charge in [0.1, 0.15) is 23.0 Å². The quantitative estimate of drug-likeness (QED) is 0.245. The Morgan fingerprint density at radius 1 is 0.903 bits per heavy atom. The van der Waals surface area contributed by atoms with Gasteiger partial charge >= 0.3 is 5.97 Å². The van der Waals surface area contributed by atoms with Crippen LogP contribution in [0, 0.1) is 17.4 Å². The van der Waals surface area contributed by atoms with Crippen molar-refractivity contribution in [2.24, 2.45) is 0 Å². The van der Waals surface area contributed by atoms with E-state index in [4.69, 9.17) is 13.9 Å². The zero-order valence-electron chi connectivity index (χ0n) is 17.2. The number of carbonyl (C=O) groups is 1. The molecular weight excluding hydrogens is 507 g/mol. The number of ether oxygens (including phenoxy) is 2. The van der Waals surface area contributed by atoms with Crippen LogP contribution in [0.4, 0.5) is 0 Å². The van der Waals surface area contributed by atoms with Crippen molar-refractivity contribution in [3.8, 4) is 22.6 Å². The summed E-state index contributed by atoms with van der Waals surface area (Å²) in [6.07, 6.45) is 0. The third kappa shape index (κ3) is 4.07. The summed E-state index contributed by atoms with van der Waals surface area (Å²) in [7, 11) is 1.59. The van der Waals surface area contributed by atoms with Crippen molar-refractivity contribution in [2.75, 3.05) is 7.11 Å². The maximum Gasteiger partial charge on any atom is 0.344 e. The molecule has 0 fully saturated rings. The highest BCUT2D eigenvalue weighted by Crippen LogP contribution is 2.34. The number of aryl methyl sites for hydroxylation is 2. The third-order valence-electron chi connectivity index (χ3n) is 5.05. The number of hydrogen-bond acceptors (Lipinski definition) is 5. The molecule has 0 aliphatic heterocycles. The molecule has 0 bridgehead atoms. The van der Waals surface area contributed by atoms with Gasteiger partial charge in [-0.3, -0.25) is 4.79 Å². The van der Waals surface area contributed by atoms with Gasteiger partial charge in [-0.1, -0.05) is 24.3 Å². The Kier molecular flexibility index (Phi) is 5.82. The second kappa shape index (κ2) is 8.55. The van der Waals surface area contributed by atoms with Crippen molar-refractivity contribution >= 4 is 39.3 Å². The molecule has 0 unspecified atom stereocenters. The lowest BCUT2D eigenvalue weighted by Crippen LogP contribution is -2.10. The first-order chi connectivity index (χ1) is 14.9. The Hall–Kier alpha value is -3.13. The summed E-state index contributed by atoms with van der Waals surface area (Å²) < 4.78 is 17.6. The van der Waals surface area contributed by atoms with Crippen molar-refractivity contribution in [3.63, 3.8) is 0 Å². The van der Waals surface area contributed by atoms with Crippen LogP contribution in [0.5, 0.6) is 11.5 Å². The molecule has 0 aliphatic rings. The van der Waals surface area contributed by atoms with E-state index in [0.717, 1.165) is 9.13 Å². The molecule has 5 nitrogen and oxygen atoms in total. The summed E-state index contributed by atoms with van der Waals surface area (Å²) in [4.78, 5) is 26.0. The summed E-state index contributed by atoms with van der Waals surface area (Å²) in [5.74, 6) is 1.50. The van der Waals surface area contributed by atoms with Crippen LogP contribution in [0.25, 0.3) is 21.9 Å². The third-order valence-corrected chi connectivity index (χ3v) is 5.99. The smallest absolute Gasteiger partial charge is 0.344 e. The standard InChI is InChI=1S/C25H19IO5/c1-14-23-21(27)12-17(16-8-10-18(29-3)11-9-16)13-22(24(23)15(2)30-14)31-25(28)19-6-4-5-7-20(19)26/h4-13H,1-3H3. The van der Waals surface area contributed by atoms with E-state index in [1.54, 1.807) is 39.2 Å². The molecule has 0 spiro atoms. The van der Waals surface area contributed by atoms with E-state index in [1.165, 1.54) is 6.07 Å². The molecule has 156 valence electrons. The van der Waals surface area contributed by atoms with Crippen molar-refractivity contribution in [2.45, 2.75) is 13.8 Å². The van der Waals surface area contributed by atoms with Crippen molar-refractivity contribution in [1.82, 2.24) is 0 Å². The molecule has 1 aromatic heterocycles. The van der Waals surface area contributed by atoms with E-state index in [0.29, 0.717) is 39.2 Å². The highest BCUT2D eigenvalue weighted by Gasteiger charge is 2.20. The van der Waals surface area contributed by atoms with Gasteiger partial charge in [-0.25, -0.2) is 4.79 Å². The molecule has 0 N–H and O–H groups in total. The fourth-order valence-corrected chi connectivity index (χ4v) is 4.17. The lowest BCUT2D eigenvalue weighted by Gasteiger charge is -2.07.